The smallest absolute Gasteiger partial charge is 0.261 e. The molecular weight excluding hydrogens is 403 g/mol. The summed E-state index contributed by atoms with van der Waals surface area (Å²) in [5, 5.41) is 0.320. The van der Waals surface area contributed by atoms with Crippen molar-refractivity contribution in [1.82, 2.24) is 4.98 Å². The number of nitrogens with two attached hydrogens (primary N) is 1. The predicted molar refractivity (Wildman–Crippen MR) is 106 cm³/mol. The summed E-state index contributed by atoms with van der Waals surface area (Å²) < 4.78 is 40.3. The lowest BCUT2D eigenvalue weighted by Gasteiger charge is -2.11. The fourth-order valence-electron chi connectivity index (χ4n) is 2.85. The van der Waals surface area contributed by atoms with Crippen LogP contribution in [0.25, 0.3) is 11.3 Å². The van der Waals surface area contributed by atoms with Gasteiger partial charge in [0.1, 0.15) is 17.3 Å². The van der Waals surface area contributed by atoms with E-state index in [1.54, 1.807) is 12.1 Å². The van der Waals surface area contributed by atoms with Gasteiger partial charge in [0.2, 0.25) is 0 Å². The highest BCUT2D eigenvalue weighted by atomic mass is 35.5. The van der Waals surface area contributed by atoms with Crippen LogP contribution >= 0.6 is 11.6 Å². The third-order valence-electron chi connectivity index (χ3n) is 4.26. The van der Waals surface area contributed by atoms with Gasteiger partial charge in [0, 0.05) is 11.1 Å². The van der Waals surface area contributed by atoms with E-state index in [4.69, 9.17) is 17.3 Å². The highest BCUT2D eigenvalue weighted by Gasteiger charge is 2.18. The summed E-state index contributed by atoms with van der Waals surface area (Å²) in [5.41, 5.74) is 8.94. The highest BCUT2D eigenvalue weighted by Crippen LogP contribution is 2.31. The molecule has 0 bridgehead atoms. The Morgan fingerprint density at radius 2 is 1.82 bits per heavy atom. The third kappa shape index (κ3) is 3.44. The third-order valence-corrected chi connectivity index (χ3v) is 5.97. The van der Waals surface area contributed by atoms with Gasteiger partial charge < -0.3 is 5.73 Å². The molecule has 1 aliphatic rings. The quantitative estimate of drug-likeness (QED) is 0.679. The van der Waals surface area contributed by atoms with E-state index in [1.165, 1.54) is 18.2 Å². The Bertz CT molecular complexity index is 1210. The van der Waals surface area contributed by atoms with Crippen LogP contribution in [0, 0.1) is 5.82 Å². The van der Waals surface area contributed by atoms with E-state index in [2.05, 4.69) is 14.7 Å². The molecule has 142 valence electrons. The second-order valence-corrected chi connectivity index (χ2v) is 8.25. The van der Waals surface area contributed by atoms with Crippen LogP contribution < -0.4 is 10.5 Å². The molecule has 3 aromatic rings. The maximum atomic E-state index is 13.0. The molecule has 0 atom stereocenters. The number of aliphatic imine (C=N–C) groups is 1. The van der Waals surface area contributed by atoms with Crippen molar-refractivity contribution in [1.29, 1.82) is 0 Å². The lowest BCUT2D eigenvalue weighted by atomic mass is 10.1. The summed E-state index contributed by atoms with van der Waals surface area (Å²) in [5.74, 6) is -0.129. The topological polar surface area (TPSA) is 97.4 Å². The normalized spacial score (nSPS) is 13.1. The first-order chi connectivity index (χ1) is 13.3. The maximum Gasteiger partial charge on any atom is 0.261 e. The molecule has 3 N–H and O–H groups in total. The van der Waals surface area contributed by atoms with Crippen molar-refractivity contribution in [3.63, 3.8) is 0 Å². The number of pyridine rings is 1. The molecule has 0 amide bonds. The molecule has 0 saturated heterocycles. The zero-order valence-electron chi connectivity index (χ0n) is 14.4. The molecule has 2 heterocycles. The van der Waals surface area contributed by atoms with E-state index >= 15 is 0 Å². The Morgan fingerprint density at radius 3 is 2.54 bits per heavy atom. The van der Waals surface area contributed by atoms with Crippen molar-refractivity contribution >= 4 is 33.1 Å². The Labute approximate surface area is 166 Å². The molecule has 0 saturated carbocycles. The molecule has 9 heteroatoms. The predicted octanol–water partition coefficient (Wildman–Crippen LogP) is 3.56. The number of fused-ring (bicyclic) bond motifs is 1. The Kier molecular flexibility index (Phi) is 4.52. The first kappa shape index (κ1) is 18.4. The monoisotopic (exact) mass is 416 g/mol. The van der Waals surface area contributed by atoms with Crippen molar-refractivity contribution in [2.24, 2.45) is 10.7 Å². The number of hydrogen-bond acceptors (Lipinski definition) is 5. The van der Waals surface area contributed by atoms with Crippen LogP contribution in [0.15, 0.2) is 64.5 Å². The number of aromatic nitrogens is 1. The molecule has 0 unspecified atom stereocenters. The average Bonchev–Trinajstić information content (AvgIpc) is 3.02. The molecule has 2 aromatic carbocycles. The molecule has 0 fully saturated rings. The first-order valence-electron chi connectivity index (χ1n) is 8.22. The first-order valence-corrected chi connectivity index (χ1v) is 10.1. The van der Waals surface area contributed by atoms with E-state index in [0.29, 0.717) is 34.4 Å². The number of anilines is 1. The van der Waals surface area contributed by atoms with Gasteiger partial charge in [-0.1, -0.05) is 17.7 Å². The van der Waals surface area contributed by atoms with Gasteiger partial charge >= 0.3 is 0 Å². The molecule has 6 nitrogen and oxygen atoms in total. The molecule has 0 spiro atoms. The number of benzene rings is 2. The summed E-state index contributed by atoms with van der Waals surface area (Å²) in [4.78, 5) is 8.61. The van der Waals surface area contributed by atoms with Crippen LogP contribution in [0.3, 0.4) is 0 Å². The lowest BCUT2D eigenvalue weighted by molar-refractivity contribution is 0.599. The Morgan fingerprint density at radius 1 is 1.07 bits per heavy atom. The van der Waals surface area contributed by atoms with Gasteiger partial charge in [-0.05, 0) is 48.5 Å². The van der Waals surface area contributed by atoms with E-state index in [-0.39, 0.29) is 10.6 Å². The summed E-state index contributed by atoms with van der Waals surface area (Å²) in [6.45, 7) is 0.506. The molecule has 0 radical (unpaired) electrons. The fourth-order valence-corrected chi connectivity index (χ4v) is 4.17. The van der Waals surface area contributed by atoms with Crippen molar-refractivity contribution in [3.8, 4) is 11.3 Å². The number of nitrogens with one attached hydrogen (secondary N) is 1. The van der Waals surface area contributed by atoms with Crippen molar-refractivity contribution in [2.45, 2.75) is 11.4 Å². The Balaban J connectivity index is 1.63. The van der Waals surface area contributed by atoms with Gasteiger partial charge in [0.25, 0.3) is 10.0 Å². The van der Waals surface area contributed by atoms with Gasteiger partial charge in [-0.25, -0.2) is 17.8 Å². The fraction of sp³-hybridized carbons (Fsp3) is 0.0526. The minimum absolute atomic E-state index is 0.0517. The van der Waals surface area contributed by atoms with Crippen LogP contribution in [0.5, 0.6) is 0 Å². The maximum absolute atomic E-state index is 13.0. The SMILES string of the molecule is NC1=NCc2ccc(-c3ccc(NS(=O)(=O)c4ccc(F)cc4)cc3Cl)nc21. The number of amidine groups is 1. The summed E-state index contributed by atoms with van der Waals surface area (Å²) in [7, 11) is -3.86. The van der Waals surface area contributed by atoms with E-state index in [9.17, 15) is 12.8 Å². The average molecular weight is 417 g/mol. The van der Waals surface area contributed by atoms with Crippen LogP contribution in [-0.4, -0.2) is 19.2 Å². The zero-order valence-corrected chi connectivity index (χ0v) is 15.9. The summed E-state index contributed by atoms with van der Waals surface area (Å²) >= 11 is 6.36. The second kappa shape index (κ2) is 6.88. The van der Waals surface area contributed by atoms with Crippen molar-refractivity contribution in [2.75, 3.05) is 4.72 Å². The van der Waals surface area contributed by atoms with Crippen molar-refractivity contribution < 1.29 is 12.8 Å². The summed E-state index contributed by atoms with van der Waals surface area (Å²) in [6.07, 6.45) is 0. The molecule has 1 aliphatic heterocycles. The van der Waals surface area contributed by atoms with Crippen LogP contribution in [0.1, 0.15) is 11.3 Å². The van der Waals surface area contributed by atoms with E-state index in [1.807, 2.05) is 12.1 Å². The largest absolute Gasteiger partial charge is 0.382 e. The molecule has 0 aliphatic carbocycles. The molecule has 1 aromatic heterocycles. The van der Waals surface area contributed by atoms with Crippen LogP contribution in [0.2, 0.25) is 5.02 Å². The zero-order chi connectivity index (χ0) is 19.9. The van der Waals surface area contributed by atoms with Gasteiger partial charge in [-0.2, -0.15) is 0 Å². The number of hydrogen-bond donors (Lipinski definition) is 2. The minimum Gasteiger partial charge on any atom is -0.382 e. The van der Waals surface area contributed by atoms with E-state index in [0.717, 1.165) is 17.7 Å². The van der Waals surface area contributed by atoms with Crippen LogP contribution in [0.4, 0.5) is 10.1 Å². The Hall–Kier alpha value is -2.97. The van der Waals surface area contributed by atoms with Gasteiger partial charge in [0.05, 0.1) is 27.8 Å². The minimum atomic E-state index is -3.86. The van der Waals surface area contributed by atoms with Crippen LogP contribution in [-0.2, 0) is 16.6 Å². The standard InChI is InChI=1S/C19H14ClFN4O2S/c20-16-9-13(25-28(26,27)14-5-2-12(21)3-6-14)4-7-15(16)17-8-1-11-10-23-19(22)18(11)24-17/h1-9,25H,10H2,(H2,22,23). The molecule has 4 rings (SSSR count). The number of sulfonamides is 1. The lowest BCUT2D eigenvalue weighted by Crippen LogP contribution is -2.13. The van der Waals surface area contributed by atoms with Gasteiger partial charge in [-0.3, -0.25) is 9.71 Å². The summed E-state index contributed by atoms with van der Waals surface area (Å²) in [6, 6.07) is 13.0. The van der Waals surface area contributed by atoms with E-state index < -0.39 is 15.8 Å². The molecule has 28 heavy (non-hydrogen) atoms. The molecular formula is C19H14ClFN4O2S. The number of nitrogens with zero attached hydrogens (tertiary/aromatic N) is 2. The number of halogens is 2. The van der Waals surface area contributed by atoms with Gasteiger partial charge in [-0.15, -0.1) is 0 Å². The number of rotatable bonds is 4. The second-order valence-electron chi connectivity index (χ2n) is 6.16. The van der Waals surface area contributed by atoms with Gasteiger partial charge in [0.15, 0.2) is 0 Å². The highest BCUT2D eigenvalue weighted by molar-refractivity contribution is 7.92. The van der Waals surface area contributed by atoms with Crippen molar-refractivity contribution in [3.05, 3.63) is 76.7 Å².